The van der Waals surface area contributed by atoms with E-state index in [1.807, 2.05) is 5.32 Å². The Morgan fingerprint density at radius 3 is 2.50 bits per heavy atom. The Morgan fingerprint density at radius 2 is 1.85 bits per heavy atom. The Labute approximate surface area is 115 Å². The summed E-state index contributed by atoms with van der Waals surface area (Å²) in [5.74, 6) is -1.16. The molecule has 0 radical (unpaired) electrons. The molecule has 0 spiro atoms. The summed E-state index contributed by atoms with van der Waals surface area (Å²) in [4.78, 5) is 34.0. The molecule has 1 aromatic carbocycles. The SMILES string of the molecule is CCOC(=O)NC(=O)COC(=O)c1ccccc1OC. The van der Waals surface area contributed by atoms with Crippen LogP contribution in [-0.2, 0) is 14.3 Å². The van der Waals surface area contributed by atoms with Crippen molar-refractivity contribution in [1.82, 2.24) is 5.32 Å². The van der Waals surface area contributed by atoms with E-state index in [1.54, 1.807) is 25.1 Å². The predicted octanol–water partition coefficient (Wildman–Crippen LogP) is 1.12. The third-order valence-electron chi connectivity index (χ3n) is 2.18. The van der Waals surface area contributed by atoms with Crippen LogP contribution in [0.1, 0.15) is 17.3 Å². The summed E-state index contributed by atoms with van der Waals surface area (Å²) in [5, 5.41) is 1.91. The standard InChI is InChI=1S/C13H15NO6/c1-3-19-13(17)14-11(15)8-20-12(16)9-6-4-5-7-10(9)18-2/h4-7H,3,8H2,1-2H3,(H,14,15,17). The molecule has 20 heavy (non-hydrogen) atoms. The van der Waals surface area contributed by atoms with Gasteiger partial charge in [-0.2, -0.15) is 0 Å². The van der Waals surface area contributed by atoms with Crippen molar-refractivity contribution in [2.24, 2.45) is 0 Å². The molecular weight excluding hydrogens is 266 g/mol. The number of benzene rings is 1. The molecular formula is C13H15NO6. The highest BCUT2D eigenvalue weighted by Crippen LogP contribution is 2.17. The number of nitrogens with one attached hydrogen (secondary N) is 1. The van der Waals surface area contributed by atoms with Crippen molar-refractivity contribution in [3.8, 4) is 5.75 Å². The smallest absolute Gasteiger partial charge is 0.413 e. The zero-order chi connectivity index (χ0) is 15.0. The number of ether oxygens (including phenoxy) is 3. The fourth-order valence-electron chi connectivity index (χ4n) is 1.34. The molecule has 0 aliphatic rings. The number of rotatable bonds is 5. The average molecular weight is 281 g/mol. The zero-order valence-corrected chi connectivity index (χ0v) is 11.2. The third kappa shape index (κ3) is 4.60. The zero-order valence-electron chi connectivity index (χ0n) is 11.2. The molecule has 0 saturated carbocycles. The Balaban J connectivity index is 2.51. The molecule has 0 saturated heterocycles. The number of alkyl carbamates (subject to hydrolysis) is 1. The second-order valence-corrected chi connectivity index (χ2v) is 3.55. The van der Waals surface area contributed by atoms with E-state index in [2.05, 4.69) is 4.74 Å². The van der Waals surface area contributed by atoms with Crippen LogP contribution in [0, 0.1) is 0 Å². The van der Waals surface area contributed by atoms with E-state index in [0.29, 0.717) is 5.75 Å². The molecule has 0 aliphatic carbocycles. The molecule has 1 rings (SSSR count). The van der Waals surface area contributed by atoms with Crippen LogP contribution in [-0.4, -0.2) is 38.3 Å². The van der Waals surface area contributed by atoms with Gasteiger partial charge in [0.15, 0.2) is 6.61 Å². The average Bonchev–Trinajstić information content (AvgIpc) is 2.44. The lowest BCUT2D eigenvalue weighted by Gasteiger charge is -2.08. The monoisotopic (exact) mass is 281 g/mol. The van der Waals surface area contributed by atoms with Crippen LogP contribution in [0.3, 0.4) is 0 Å². The molecule has 0 bridgehead atoms. The number of amides is 2. The van der Waals surface area contributed by atoms with Gasteiger partial charge in [-0.3, -0.25) is 10.1 Å². The van der Waals surface area contributed by atoms with Crippen molar-refractivity contribution in [1.29, 1.82) is 0 Å². The van der Waals surface area contributed by atoms with E-state index in [4.69, 9.17) is 9.47 Å². The van der Waals surface area contributed by atoms with Gasteiger partial charge in [-0.1, -0.05) is 12.1 Å². The first-order chi connectivity index (χ1) is 9.58. The molecule has 0 fully saturated rings. The highest BCUT2D eigenvalue weighted by Gasteiger charge is 2.15. The van der Waals surface area contributed by atoms with Crippen LogP contribution in [0.2, 0.25) is 0 Å². The molecule has 0 atom stereocenters. The number of carbonyl (C=O) groups excluding carboxylic acids is 3. The molecule has 7 nitrogen and oxygen atoms in total. The van der Waals surface area contributed by atoms with Crippen molar-refractivity contribution < 1.29 is 28.6 Å². The number of carbonyl (C=O) groups is 3. The lowest BCUT2D eigenvalue weighted by atomic mass is 10.2. The molecule has 2 amide bonds. The van der Waals surface area contributed by atoms with Crippen LogP contribution >= 0.6 is 0 Å². The van der Waals surface area contributed by atoms with Crippen molar-refractivity contribution in [3.63, 3.8) is 0 Å². The van der Waals surface area contributed by atoms with Gasteiger partial charge < -0.3 is 14.2 Å². The minimum Gasteiger partial charge on any atom is -0.496 e. The number of methoxy groups -OCH3 is 1. The van der Waals surface area contributed by atoms with Crippen LogP contribution in [0.25, 0.3) is 0 Å². The van der Waals surface area contributed by atoms with Crippen LogP contribution in [0.4, 0.5) is 4.79 Å². The summed E-state index contributed by atoms with van der Waals surface area (Å²) in [7, 11) is 1.42. The topological polar surface area (TPSA) is 90.9 Å². The van der Waals surface area contributed by atoms with Crippen molar-refractivity contribution in [2.75, 3.05) is 20.3 Å². The normalized spacial score (nSPS) is 9.50. The summed E-state index contributed by atoms with van der Waals surface area (Å²) in [6.45, 7) is 1.15. The minimum atomic E-state index is -0.883. The van der Waals surface area contributed by atoms with Crippen LogP contribution in [0.5, 0.6) is 5.75 Å². The van der Waals surface area contributed by atoms with Crippen molar-refractivity contribution in [3.05, 3.63) is 29.8 Å². The van der Waals surface area contributed by atoms with Gasteiger partial charge in [0.1, 0.15) is 11.3 Å². The molecule has 0 aliphatic heterocycles. The quantitative estimate of drug-likeness (QED) is 0.813. The molecule has 0 aromatic heterocycles. The van der Waals surface area contributed by atoms with Crippen LogP contribution < -0.4 is 10.1 Å². The maximum Gasteiger partial charge on any atom is 0.413 e. The highest BCUT2D eigenvalue weighted by atomic mass is 16.6. The Bertz CT molecular complexity index is 499. The molecule has 1 aromatic rings. The number of esters is 1. The number of hydrogen-bond donors (Lipinski definition) is 1. The number of para-hydroxylation sites is 1. The van der Waals surface area contributed by atoms with Crippen molar-refractivity contribution in [2.45, 2.75) is 6.92 Å². The van der Waals surface area contributed by atoms with E-state index >= 15 is 0 Å². The molecule has 7 heteroatoms. The van der Waals surface area contributed by atoms with Gasteiger partial charge in [-0.15, -0.1) is 0 Å². The molecule has 108 valence electrons. The molecule has 0 heterocycles. The van der Waals surface area contributed by atoms with Gasteiger partial charge in [0.05, 0.1) is 13.7 Å². The maximum absolute atomic E-state index is 11.7. The van der Waals surface area contributed by atoms with E-state index in [9.17, 15) is 14.4 Å². The lowest BCUT2D eigenvalue weighted by Crippen LogP contribution is -2.34. The summed E-state index contributed by atoms with van der Waals surface area (Å²) in [6, 6.07) is 6.43. The fourth-order valence-corrected chi connectivity index (χ4v) is 1.34. The Kier molecular flexibility index (Phi) is 6.02. The second kappa shape index (κ2) is 7.78. The van der Waals surface area contributed by atoms with E-state index in [-0.39, 0.29) is 12.2 Å². The maximum atomic E-state index is 11.7. The largest absolute Gasteiger partial charge is 0.496 e. The summed E-state index contributed by atoms with van der Waals surface area (Å²) in [5.41, 5.74) is 0.193. The van der Waals surface area contributed by atoms with Crippen LogP contribution in [0.15, 0.2) is 24.3 Å². The van der Waals surface area contributed by atoms with Gasteiger partial charge in [0.25, 0.3) is 5.91 Å². The van der Waals surface area contributed by atoms with Gasteiger partial charge in [0.2, 0.25) is 0 Å². The van der Waals surface area contributed by atoms with Gasteiger partial charge >= 0.3 is 12.1 Å². The Hall–Kier alpha value is -2.57. The fraction of sp³-hybridized carbons (Fsp3) is 0.308. The summed E-state index contributed by atoms with van der Waals surface area (Å²) < 4.78 is 14.3. The molecule has 0 unspecified atom stereocenters. The second-order valence-electron chi connectivity index (χ2n) is 3.55. The first kappa shape index (κ1) is 15.5. The number of imide groups is 1. The first-order valence-electron chi connectivity index (χ1n) is 5.85. The molecule has 1 N–H and O–H groups in total. The Morgan fingerprint density at radius 1 is 1.15 bits per heavy atom. The van der Waals surface area contributed by atoms with Gasteiger partial charge in [0, 0.05) is 0 Å². The van der Waals surface area contributed by atoms with E-state index in [0.717, 1.165) is 0 Å². The van der Waals surface area contributed by atoms with E-state index in [1.165, 1.54) is 13.2 Å². The summed E-state index contributed by atoms with van der Waals surface area (Å²) in [6.07, 6.45) is -0.883. The third-order valence-corrected chi connectivity index (χ3v) is 2.18. The summed E-state index contributed by atoms with van der Waals surface area (Å²) >= 11 is 0. The lowest BCUT2D eigenvalue weighted by molar-refractivity contribution is -0.123. The van der Waals surface area contributed by atoms with Gasteiger partial charge in [-0.25, -0.2) is 9.59 Å². The van der Waals surface area contributed by atoms with Gasteiger partial charge in [-0.05, 0) is 19.1 Å². The minimum absolute atomic E-state index is 0.139. The van der Waals surface area contributed by atoms with Crippen molar-refractivity contribution >= 4 is 18.0 Å². The predicted molar refractivity (Wildman–Crippen MR) is 68.4 cm³/mol. The first-order valence-corrected chi connectivity index (χ1v) is 5.85. The highest BCUT2D eigenvalue weighted by molar-refractivity contribution is 5.96. The van der Waals surface area contributed by atoms with E-state index < -0.39 is 24.6 Å². The number of hydrogen-bond acceptors (Lipinski definition) is 6.